The SMILES string of the molecule is Cc1nc2ccccn2c1C(=O)n1c(C)nc2ccccc21. The summed E-state index contributed by atoms with van der Waals surface area (Å²) in [5.74, 6) is 0.568. The summed E-state index contributed by atoms with van der Waals surface area (Å²) in [6, 6.07) is 13.3. The zero-order chi connectivity index (χ0) is 15.3. The van der Waals surface area contributed by atoms with Crippen LogP contribution in [0.2, 0.25) is 0 Å². The number of hydrogen-bond donors (Lipinski definition) is 0. The van der Waals surface area contributed by atoms with Gasteiger partial charge in [0.25, 0.3) is 5.91 Å². The molecule has 108 valence electrons. The maximum absolute atomic E-state index is 13.1. The number of fused-ring (bicyclic) bond motifs is 2. The van der Waals surface area contributed by atoms with Crippen LogP contribution >= 0.6 is 0 Å². The second-order valence-corrected chi connectivity index (χ2v) is 5.26. The summed E-state index contributed by atoms with van der Waals surface area (Å²) in [6.45, 7) is 3.70. The molecule has 4 rings (SSSR count). The van der Waals surface area contributed by atoms with Gasteiger partial charge >= 0.3 is 0 Å². The third-order valence-corrected chi connectivity index (χ3v) is 3.84. The van der Waals surface area contributed by atoms with Gasteiger partial charge in [-0.05, 0) is 38.1 Å². The Morgan fingerprint density at radius 1 is 1.00 bits per heavy atom. The van der Waals surface area contributed by atoms with Gasteiger partial charge in [-0.15, -0.1) is 0 Å². The van der Waals surface area contributed by atoms with E-state index in [1.807, 2.05) is 66.9 Å². The number of para-hydroxylation sites is 2. The number of aryl methyl sites for hydroxylation is 2. The highest BCUT2D eigenvalue weighted by Crippen LogP contribution is 2.20. The molecule has 0 amide bonds. The molecule has 0 N–H and O–H groups in total. The molecule has 0 aliphatic heterocycles. The summed E-state index contributed by atoms with van der Waals surface area (Å²) in [7, 11) is 0. The summed E-state index contributed by atoms with van der Waals surface area (Å²) >= 11 is 0. The molecule has 0 spiro atoms. The van der Waals surface area contributed by atoms with E-state index in [-0.39, 0.29) is 5.91 Å². The molecule has 0 saturated heterocycles. The number of hydrogen-bond acceptors (Lipinski definition) is 3. The maximum Gasteiger partial charge on any atom is 0.282 e. The van der Waals surface area contributed by atoms with E-state index in [2.05, 4.69) is 9.97 Å². The number of benzene rings is 1. The highest BCUT2D eigenvalue weighted by Gasteiger charge is 2.21. The lowest BCUT2D eigenvalue weighted by atomic mass is 10.3. The predicted molar refractivity (Wildman–Crippen MR) is 84.1 cm³/mol. The Hall–Kier alpha value is -2.95. The minimum atomic E-state index is -0.109. The third-order valence-electron chi connectivity index (χ3n) is 3.84. The van der Waals surface area contributed by atoms with Gasteiger partial charge in [0, 0.05) is 6.20 Å². The second kappa shape index (κ2) is 4.53. The molecular weight excluding hydrogens is 276 g/mol. The lowest BCUT2D eigenvalue weighted by Crippen LogP contribution is -2.16. The number of aromatic nitrogens is 4. The number of nitrogens with zero attached hydrogens (tertiary/aromatic N) is 4. The minimum absolute atomic E-state index is 0.109. The molecule has 3 heterocycles. The first-order valence-corrected chi connectivity index (χ1v) is 7.09. The predicted octanol–water partition coefficient (Wildman–Crippen LogP) is 2.99. The zero-order valence-corrected chi connectivity index (χ0v) is 12.3. The molecule has 5 heteroatoms. The molecule has 0 fully saturated rings. The van der Waals surface area contributed by atoms with Crippen molar-refractivity contribution < 1.29 is 4.79 Å². The Morgan fingerprint density at radius 3 is 2.64 bits per heavy atom. The first kappa shape index (κ1) is 12.8. The standard InChI is InChI=1S/C17H14N4O/c1-11-16(20-10-6-5-9-15(20)18-11)17(22)21-12(2)19-13-7-3-4-8-14(13)21/h3-10H,1-2H3. The lowest BCUT2D eigenvalue weighted by Gasteiger charge is -2.06. The number of carbonyl (C=O) groups excluding carboxylic acids is 1. The van der Waals surface area contributed by atoms with Gasteiger partial charge in [0.15, 0.2) is 0 Å². The van der Waals surface area contributed by atoms with E-state index in [1.165, 1.54) is 0 Å². The van der Waals surface area contributed by atoms with Crippen molar-refractivity contribution in [3.63, 3.8) is 0 Å². The number of carbonyl (C=O) groups is 1. The Labute approximate surface area is 126 Å². The average molecular weight is 290 g/mol. The fourth-order valence-electron chi connectivity index (χ4n) is 2.88. The second-order valence-electron chi connectivity index (χ2n) is 5.26. The van der Waals surface area contributed by atoms with Gasteiger partial charge in [-0.2, -0.15) is 0 Å². The summed E-state index contributed by atoms with van der Waals surface area (Å²) < 4.78 is 3.48. The van der Waals surface area contributed by atoms with Crippen molar-refractivity contribution in [3.05, 3.63) is 65.9 Å². The van der Waals surface area contributed by atoms with Crippen LogP contribution in [0.15, 0.2) is 48.7 Å². The highest BCUT2D eigenvalue weighted by molar-refractivity contribution is 6.01. The van der Waals surface area contributed by atoms with Crippen LogP contribution in [0.25, 0.3) is 16.7 Å². The number of rotatable bonds is 1. The summed E-state index contributed by atoms with van der Waals surface area (Å²) in [4.78, 5) is 22.0. The molecule has 0 aliphatic rings. The van der Waals surface area contributed by atoms with Crippen molar-refractivity contribution in [1.29, 1.82) is 0 Å². The van der Waals surface area contributed by atoms with E-state index in [0.29, 0.717) is 17.2 Å². The molecule has 1 aromatic carbocycles. The van der Waals surface area contributed by atoms with Crippen molar-refractivity contribution in [3.8, 4) is 0 Å². The zero-order valence-electron chi connectivity index (χ0n) is 12.3. The van der Waals surface area contributed by atoms with Crippen LogP contribution in [-0.4, -0.2) is 24.8 Å². The molecule has 3 aromatic heterocycles. The van der Waals surface area contributed by atoms with E-state index >= 15 is 0 Å². The topological polar surface area (TPSA) is 52.2 Å². The molecule has 0 radical (unpaired) electrons. The van der Waals surface area contributed by atoms with E-state index in [9.17, 15) is 4.79 Å². The number of imidazole rings is 2. The smallest absolute Gasteiger partial charge is 0.282 e. The van der Waals surface area contributed by atoms with Crippen molar-refractivity contribution in [2.24, 2.45) is 0 Å². The molecule has 0 bridgehead atoms. The molecule has 22 heavy (non-hydrogen) atoms. The Kier molecular flexibility index (Phi) is 2.63. The highest BCUT2D eigenvalue weighted by atomic mass is 16.2. The van der Waals surface area contributed by atoms with E-state index in [1.54, 1.807) is 4.57 Å². The Bertz CT molecular complexity index is 944. The van der Waals surface area contributed by atoms with Crippen LogP contribution in [-0.2, 0) is 0 Å². The van der Waals surface area contributed by atoms with Crippen molar-refractivity contribution >= 4 is 22.6 Å². The van der Waals surface area contributed by atoms with Gasteiger partial charge in [0.05, 0.1) is 16.7 Å². The van der Waals surface area contributed by atoms with Crippen LogP contribution in [0, 0.1) is 13.8 Å². The summed E-state index contributed by atoms with van der Waals surface area (Å²) in [5.41, 5.74) is 3.69. The van der Waals surface area contributed by atoms with Crippen LogP contribution in [0.3, 0.4) is 0 Å². The monoisotopic (exact) mass is 290 g/mol. The Morgan fingerprint density at radius 2 is 1.77 bits per heavy atom. The quantitative estimate of drug-likeness (QED) is 0.541. The molecule has 0 saturated carbocycles. The molecule has 0 aliphatic carbocycles. The average Bonchev–Trinajstić information content (AvgIpc) is 3.01. The van der Waals surface area contributed by atoms with Crippen molar-refractivity contribution in [2.45, 2.75) is 13.8 Å². The normalized spacial score (nSPS) is 11.4. The first-order valence-electron chi connectivity index (χ1n) is 7.09. The van der Waals surface area contributed by atoms with Crippen LogP contribution < -0.4 is 0 Å². The van der Waals surface area contributed by atoms with Crippen molar-refractivity contribution in [2.75, 3.05) is 0 Å². The summed E-state index contributed by atoms with van der Waals surface area (Å²) in [6.07, 6.45) is 1.86. The van der Waals surface area contributed by atoms with Crippen LogP contribution in [0.1, 0.15) is 22.0 Å². The van der Waals surface area contributed by atoms with Crippen LogP contribution in [0.5, 0.6) is 0 Å². The summed E-state index contributed by atoms with van der Waals surface area (Å²) in [5, 5.41) is 0. The van der Waals surface area contributed by atoms with Crippen molar-refractivity contribution in [1.82, 2.24) is 18.9 Å². The van der Waals surface area contributed by atoms with Gasteiger partial charge in [0.2, 0.25) is 0 Å². The molecule has 0 atom stereocenters. The Balaban J connectivity index is 2.00. The van der Waals surface area contributed by atoms with Gasteiger partial charge in [-0.25, -0.2) is 9.97 Å². The molecule has 5 nitrogen and oxygen atoms in total. The molecule has 0 unspecified atom stereocenters. The fraction of sp³-hybridized carbons (Fsp3) is 0.118. The minimum Gasteiger partial charge on any atom is -0.295 e. The first-order chi connectivity index (χ1) is 10.7. The lowest BCUT2D eigenvalue weighted by molar-refractivity contribution is 0.0956. The van der Waals surface area contributed by atoms with Gasteiger partial charge in [0.1, 0.15) is 17.2 Å². The fourth-order valence-corrected chi connectivity index (χ4v) is 2.88. The van der Waals surface area contributed by atoms with Gasteiger partial charge in [-0.3, -0.25) is 13.8 Å². The van der Waals surface area contributed by atoms with E-state index < -0.39 is 0 Å². The molecular formula is C17H14N4O. The maximum atomic E-state index is 13.1. The molecule has 4 aromatic rings. The largest absolute Gasteiger partial charge is 0.295 e. The van der Waals surface area contributed by atoms with Crippen LogP contribution in [0.4, 0.5) is 0 Å². The van der Waals surface area contributed by atoms with Gasteiger partial charge < -0.3 is 0 Å². The number of pyridine rings is 1. The van der Waals surface area contributed by atoms with Gasteiger partial charge in [-0.1, -0.05) is 18.2 Å². The third kappa shape index (κ3) is 1.69. The van der Waals surface area contributed by atoms with E-state index in [4.69, 9.17) is 0 Å². The van der Waals surface area contributed by atoms with E-state index in [0.717, 1.165) is 16.7 Å².